The van der Waals surface area contributed by atoms with Crippen LogP contribution in [0.3, 0.4) is 0 Å². The first kappa shape index (κ1) is 13.7. The van der Waals surface area contributed by atoms with Gasteiger partial charge >= 0.3 is 0 Å². The Morgan fingerprint density at radius 1 is 1.37 bits per heavy atom. The smallest absolute Gasteiger partial charge is 0.123 e. The van der Waals surface area contributed by atoms with Gasteiger partial charge in [-0.3, -0.25) is 10.5 Å². The molecule has 2 rings (SSSR count). The lowest BCUT2D eigenvalue weighted by molar-refractivity contribution is 0.593. The quantitative estimate of drug-likeness (QED) is 0.642. The highest BCUT2D eigenvalue weighted by Crippen LogP contribution is 2.22. The first-order valence-electron chi connectivity index (χ1n) is 6.39. The molecule has 0 radical (unpaired) electrons. The van der Waals surface area contributed by atoms with Crippen LogP contribution in [-0.2, 0) is 6.54 Å². The lowest BCUT2D eigenvalue weighted by Gasteiger charge is -2.15. The Morgan fingerprint density at radius 2 is 2.16 bits per heavy atom. The number of hydrogen-bond acceptors (Lipinski definition) is 3. The second-order valence-electron chi connectivity index (χ2n) is 4.70. The topological polar surface area (TPSA) is 55.9 Å². The molecule has 1 aromatic carbocycles. The van der Waals surface area contributed by atoms with E-state index in [1.54, 1.807) is 6.20 Å². The van der Waals surface area contributed by atoms with Crippen molar-refractivity contribution in [2.24, 2.45) is 5.84 Å². The molecule has 1 atom stereocenters. The van der Waals surface area contributed by atoms with E-state index in [-0.39, 0.29) is 11.9 Å². The lowest BCUT2D eigenvalue weighted by Crippen LogP contribution is -2.28. The molecule has 0 spiro atoms. The van der Waals surface area contributed by atoms with Crippen LogP contribution in [0.1, 0.15) is 36.1 Å². The van der Waals surface area contributed by atoms with Crippen LogP contribution in [0.5, 0.6) is 0 Å². The Bertz CT molecular complexity index is 530. The molecule has 19 heavy (non-hydrogen) atoms. The summed E-state index contributed by atoms with van der Waals surface area (Å²) in [6.07, 6.45) is 4.72. The van der Waals surface area contributed by atoms with E-state index < -0.39 is 0 Å². The van der Waals surface area contributed by atoms with Crippen LogP contribution >= 0.6 is 0 Å². The van der Waals surface area contributed by atoms with Gasteiger partial charge in [0.05, 0.1) is 12.2 Å². The molecule has 2 aromatic rings. The second-order valence-corrected chi connectivity index (χ2v) is 4.70. The van der Waals surface area contributed by atoms with Crippen molar-refractivity contribution in [2.45, 2.75) is 32.9 Å². The zero-order valence-electron chi connectivity index (χ0n) is 11.2. The van der Waals surface area contributed by atoms with Gasteiger partial charge in [0, 0.05) is 18.3 Å². The average Bonchev–Trinajstić information content (AvgIpc) is 2.78. The summed E-state index contributed by atoms with van der Waals surface area (Å²) in [5.41, 5.74) is 5.33. The van der Waals surface area contributed by atoms with Gasteiger partial charge in [0.2, 0.25) is 0 Å². The number of hydrogen-bond donors (Lipinski definition) is 2. The summed E-state index contributed by atoms with van der Waals surface area (Å²) in [6.45, 7) is 4.82. The molecule has 0 amide bonds. The molecule has 3 N–H and O–H groups in total. The minimum Gasteiger partial charge on any atom is -0.272 e. The number of hydrazine groups is 1. The number of nitrogens with one attached hydrogen (secondary N) is 1. The van der Waals surface area contributed by atoms with Gasteiger partial charge in [-0.2, -0.15) is 5.10 Å². The van der Waals surface area contributed by atoms with Crippen LogP contribution in [0, 0.1) is 12.7 Å². The van der Waals surface area contributed by atoms with Gasteiger partial charge in [0.25, 0.3) is 0 Å². The van der Waals surface area contributed by atoms with Crippen molar-refractivity contribution in [1.29, 1.82) is 0 Å². The van der Waals surface area contributed by atoms with Crippen LogP contribution < -0.4 is 11.3 Å². The molecule has 5 heteroatoms. The molecule has 4 nitrogen and oxygen atoms in total. The monoisotopic (exact) mass is 262 g/mol. The Balaban J connectivity index is 2.32. The van der Waals surface area contributed by atoms with E-state index in [0.717, 1.165) is 29.7 Å². The van der Waals surface area contributed by atoms with Crippen molar-refractivity contribution in [2.75, 3.05) is 0 Å². The molecular formula is C14H19FN4. The van der Waals surface area contributed by atoms with E-state index >= 15 is 0 Å². The van der Waals surface area contributed by atoms with Crippen LogP contribution in [0.2, 0.25) is 0 Å². The number of aromatic nitrogens is 2. The minimum atomic E-state index is -0.254. The maximum atomic E-state index is 13.5. The van der Waals surface area contributed by atoms with Crippen molar-refractivity contribution in [3.63, 3.8) is 0 Å². The Morgan fingerprint density at radius 3 is 2.79 bits per heavy atom. The summed E-state index contributed by atoms with van der Waals surface area (Å²) in [6, 6.07) is 4.66. The third-order valence-corrected chi connectivity index (χ3v) is 3.00. The fourth-order valence-electron chi connectivity index (χ4n) is 2.20. The fraction of sp³-hybridized carbons (Fsp3) is 0.357. The Kier molecular flexibility index (Phi) is 4.29. The van der Waals surface area contributed by atoms with E-state index in [1.165, 1.54) is 12.1 Å². The zero-order valence-corrected chi connectivity index (χ0v) is 11.2. The number of rotatable bonds is 5. The van der Waals surface area contributed by atoms with Crippen molar-refractivity contribution in [3.05, 3.63) is 53.1 Å². The summed E-state index contributed by atoms with van der Waals surface area (Å²) in [7, 11) is 0. The Labute approximate surface area is 112 Å². The SMILES string of the molecule is CCCn1cc(C(NN)c2cc(C)cc(F)c2)cn1. The number of aryl methyl sites for hydroxylation is 2. The van der Waals surface area contributed by atoms with Crippen molar-refractivity contribution in [3.8, 4) is 0 Å². The molecule has 0 bridgehead atoms. The predicted molar refractivity (Wildman–Crippen MR) is 72.8 cm³/mol. The summed E-state index contributed by atoms with van der Waals surface area (Å²) in [5.74, 6) is 5.36. The molecule has 1 heterocycles. The molecule has 0 fully saturated rings. The van der Waals surface area contributed by atoms with Crippen molar-refractivity contribution in [1.82, 2.24) is 15.2 Å². The summed E-state index contributed by atoms with van der Waals surface area (Å²) < 4.78 is 15.3. The van der Waals surface area contributed by atoms with E-state index in [4.69, 9.17) is 5.84 Å². The second kappa shape index (κ2) is 5.95. The molecule has 0 aliphatic rings. The van der Waals surface area contributed by atoms with Crippen molar-refractivity contribution < 1.29 is 4.39 Å². The van der Waals surface area contributed by atoms with Crippen LogP contribution in [-0.4, -0.2) is 9.78 Å². The highest BCUT2D eigenvalue weighted by Gasteiger charge is 2.15. The van der Waals surface area contributed by atoms with Crippen molar-refractivity contribution >= 4 is 0 Å². The molecule has 0 saturated heterocycles. The molecule has 0 aliphatic heterocycles. The number of benzene rings is 1. The number of nitrogens with zero attached hydrogens (tertiary/aromatic N) is 2. The third-order valence-electron chi connectivity index (χ3n) is 3.00. The van der Waals surface area contributed by atoms with Gasteiger partial charge in [-0.15, -0.1) is 0 Å². The minimum absolute atomic E-state index is 0.250. The first-order valence-corrected chi connectivity index (χ1v) is 6.39. The molecule has 1 aromatic heterocycles. The van der Waals surface area contributed by atoms with Gasteiger partial charge in [0.15, 0.2) is 0 Å². The predicted octanol–water partition coefficient (Wildman–Crippen LogP) is 2.29. The molecule has 1 unspecified atom stereocenters. The lowest BCUT2D eigenvalue weighted by atomic mass is 10.0. The number of halogens is 1. The highest BCUT2D eigenvalue weighted by atomic mass is 19.1. The van der Waals surface area contributed by atoms with Crippen LogP contribution in [0.15, 0.2) is 30.6 Å². The summed E-state index contributed by atoms with van der Waals surface area (Å²) in [4.78, 5) is 0. The standard InChI is InChI=1S/C14H19FN4/c1-3-4-19-9-12(8-17-19)14(18-16)11-5-10(2)6-13(15)7-11/h5-9,14,18H,3-4,16H2,1-2H3. The third kappa shape index (κ3) is 3.19. The van der Waals surface area contributed by atoms with Crippen LogP contribution in [0.25, 0.3) is 0 Å². The average molecular weight is 262 g/mol. The maximum absolute atomic E-state index is 13.5. The van der Waals surface area contributed by atoms with E-state index in [0.29, 0.717) is 0 Å². The highest BCUT2D eigenvalue weighted by molar-refractivity contribution is 5.32. The number of nitrogens with two attached hydrogens (primary N) is 1. The van der Waals surface area contributed by atoms with Crippen LogP contribution in [0.4, 0.5) is 4.39 Å². The van der Waals surface area contributed by atoms with Gasteiger partial charge < -0.3 is 0 Å². The fourth-order valence-corrected chi connectivity index (χ4v) is 2.20. The van der Waals surface area contributed by atoms with Gasteiger partial charge in [-0.05, 0) is 36.6 Å². The maximum Gasteiger partial charge on any atom is 0.123 e. The Hall–Kier alpha value is -1.72. The normalized spacial score (nSPS) is 12.6. The molecule has 0 aliphatic carbocycles. The molecular weight excluding hydrogens is 243 g/mol. The first-order chi connectivity index (χ1) is 9.13. The van der Waals surface area contributed by atoms with E-state index in [1.807, 2.05) is 23.9 Å². The summed E-state index contributed by atoms with van der Waals surface area (Å²) >= 11 is 0. The summed E-state index contributed by atoms with van der Waals surface area (Å²) in [5, 5.41) is 4.27. The largest absolute Gasteiger partial charge is 0.272 e. The van der Waals surface area contributed by atoms with Gasteiger partial charge in [-0.1, -0.05) is 13.0 Å². The van der Waals surface area contributed by atoms with E-state index in [2.05, 4.69) is 17.4 Å². The zero-order chi connectivity index (χ0) is 13.8. The molecule has 0 saturated carbocycles. The molecule has 102 valence electrons. The van der Waals surface area contributed by atoms with E-state index in [9.17, 15) is 4.39 Å². The van der Waals surface area contributed by atoms with Gasteiger partial charge in [0.1, 0.15) is 5.82 Å². The van der Waals surface area contributed by atoms with Gasteiger partial charge in [-0.25, -0.2) is 9.82 Å².